The Kier molecular flexibility index (Phi) is 6.28. The SMILES string of the molecule is CC(C)(C(=O)NCC=Cc1ccccc1)S(=O)(=O)c1ccc(C(F)(F)F)cn1. The van der Waals surface area contributed by atoms with E-state index in [4.69, 9.17) is 0 Å². The summed E-state index contributed by atoms with van der Waals surface area (Å²) in [5.41, 5.74) is -0.155. The zero-order valence-corrected chi connectivity index (χ0v) is 16.0. The summed E-state index contributed by atoms with van der Waals surface area (Å²) in [7, 11) is -4.30. The first-order valence-electron chi connectivity index (χ1n) is 8.24. The van der Waals surface area contributed by atoms with Crippen molar-refractivity contribution in [3.63, 3.8) is 0 Å². The molecule has 0 unspecified atom stereocenters. The molecule has 0 aliphatic heterocycles. The van der Waals surface area contributed by atoms with Crippen molar-refractivity contribution < 1.29 is 26.4 Å². The fourth-order valence-electron chi connectivity index (χ4n) is 2.21. The largest absolute Gasteiger partial charge is 0.417 e. The van der Waals surface area contributed by atoms with Crippen molar-refractivity contribution in [1.29, 1.82) is 0 Å². The number of rotatable bonds is 6. The normalized spacial score (nSPS) is 12.9. The molecule has 5 nitrogen and oxygen atoms in total. The molecule has 0 saturated carbocycles. The number of nitrogens with one attached hydrogen (secondary N) is 1. The highest BCUT2D eigenvalue weighted by atomic mass is 32.2. The Hall–Kier alpha value is -2.68. The molecule has 0 bridgehead atoms. The van der Waals surface area contributed by atoms with Crippen LogP contribution in [-0.2, 0) is 20.8 Å². The fourth-order valence-corrected chi connectivity index (χ4v) is 3.49. The molecule has 2 rings (SSSR count). The summed E-state index contributed by atoms with van der Waals surface area (Å²) in [6, 6.07) is 10.7. The standard InChI is InChI=1S/C19H19F3N2O3S/c1-18(2,17(25)23-12-6-9-14-7-4-3-5-8-14)28(26,27)16-11-10-15(13-24-16)19(20,21)22/h3-11,13H,12H2,1-2H3,(H,23,25). The molecule has 1 aromatic carbocycles. The van der Waals surface area contributed by atoms with Gasteiger partial charge in [-0.15, -0.1) is 0 Å². The first kappa shape index (κ1) is 21.6. The van der Waals surface area contributed by atoms with E-state index in [0.29, 0.717) is 12.3 Å². The van der Waals surface area contributed by atoms with Gasteiger partial charge in [0, 0.05) is 12.7 Å². The van der Waals surface area contributed by atoms with Crippen molar-refractivity contribution in [2.75, 3.05) is 6.54 Å². The molecule has 0 radical (unpaired) electrons. The highest BCUT2D eigenvalue weighted by Gasteiger charge is 2.43. The maximum absolute atomic E-state index is 12.7. The van der Waals surface area contributed by atoms with Crippen LogP contribution in [0.25, 0.3) is 6.08 Å². The van der Waals surface area contributed by atoms with Crippen molar-refractivity contribution >= 4 is 21.8 Å². The monoisotopic (exact) mass is 412 g/mol. The molecule has 0 spiro atoms. The molecule has 0 atom stereocenters. The molecule has 1 amide bonds. The molecule has 2 aromatic rings. The minimum Gasteiger partial charge on any atom is -0.351 e. The van der Waals surface area contributed by atoms with Gasteiger partial charge in [-0.25, -0.2) is 13.4 Å². The molecule has 1 N–H and O–H groups in total. The zero-order chi connectivity index (χ0) is 21.0. The molecule has 1 aromatic heterocycles. The number of amides is 1. The Balaban J connectivity index is 2.10. The zero-order valence-electron chi connectivity index (χ0n) is 15.2. The first-order valence-corrected chi connectivity index (χ1v) is 9.72. The third-order valence-corrected chi connectivity index (χ3v) is 6.37. The van der Waals surface area contributed by atoms with E-state index in [1.807, 2.05) is 30.3 Å². The van der Waals surface area contributed by atoms with E-state index < -0.39 is 37.3 Å². The molecule has 0 aliphatic rings. The van der Waals surface area contributed by atoms with Gasteiger partial charge < -0.3 is 5.32 Å². The minimum absolute atomic E-state index is 0.0904. The molecular formula is C19H19F3N2O3S. The summed E-state index contributed by atoms with van der Waals surface area (Å²) in [5.74, 6) is -0.785. The highest BCUT2D eigenvalue weighted by molar-refractivity contribution is 7.93. The second kappa shape index (κ2) is 8.14. The minimum atomic E-state index is -4.63. The third kappa shape index (κ3) is 4.78. The predicted molar refractivity (Wildman–Crippen MR) is 99.0 cm³/mol. The van der Waals surface area contributed by atoms with Gasteiger partial charge >= 0.3 is 6.18 Å². The summed E-state index contributed by atoms with van der Waals surface area (Å²) in [4.78, 5) is 15.8. The molecule has 0 fully saturated rings. The summed E-state index contributed by atoms with van der Waals surface area (Å²) >= 11 is 0. The average Bonchev–Trinajstić information content (AvgIpc) is 2.65. The average molecular weight is 412 g/mol. The Bertz CT molecular complexity index is 952. The Morgan fingerprint density at radius 2 is 1.75 bits per heavy atom. The van der Waals surface area contributed by atoms with Crippen LogP contribution < -0.4 is 5.32 Å². The van der Waals surface area contributed by atoms with Crippen LogP contribution in [-0.4, -0.2) is 30.6 Å². The maximum Gasteiger partial charge on any atom is 0.417 e. The molecule has 28 heavy (non-hydrogen) atoms. The number of hydrogen-bond donors (Lipinski definition) is 1. The van der Waals surface area contributed by atoms with Crippen LogP contribution in [0.2, 0.25) is 0 Å². The van der Waals surface area contributed by atoms with Crippen LogP contribution >= 0.6 is 0 Å². The van der Waals surface area contributed by atoms with Crippen LogP contribution in [0.4, 0.5) is 13.2 Å². The van der Waals surface area contributed by atoms with Crippen molar-refractivity contribution in [3.8, 4) is 0 Å². The van der Waals surface area contributed by atoms with Gasteiger partial charge in [0.1, 0.15) is 0 Å². The smallest absolute Gasteiger partial charge is 0.351 e. The van der Waals surface area contributed by atoms with Crippen LogP contribution in [0.5, 0.6) is 0 Å². The van der Waals surface area contributed by atoms with Gasteiger partial charge in [-0.2, -0.15) is 13.2 Å². The Morgan fingerprint density at radius 1 is 1.11 bits per heavy atom. The van der Waals surface area contributed by atoms with E-state index >= 15 is 0 Å². The number of hydrogen-bond acceptors (Lipinski definition) is 4. The molecule has 9 heteroatoms. The molecule has 150 valence electrons. The van der Waals surface area contributed by atoms with Gasteiger partial charge in [-0.3, -0.25) is 4.79 Å². The number of sulfone groups is 1. The first-order chi connectivity index (χ1) is 13.0. The van der Waals surface area contributed by atoms with Crippen LogP contribution in [0, 0.1) is 0 Å². The van der Waals surface area contributed by atoms with Crippen molar-refractivity contribution in [3.05, 3.63) is 65.9 Å². The van der Waals surface area contributed by atoms with Crippen LogP contribution in [0.15, 0.2) is 59.8 Å². The van der Waals surface area contributed by atoms with Crippen molar-refractivity contribution in [2.45, 2.75) is 29.8 Å². The third-order valence-electron chi connectivity index (χ3n) is 4.05. The maximum atomic E-state index is 12.7. The molecule has 1 heterocycles. The number of nitrogens with zero attached hydrogens (tertiary/aromatic N) is 1. The van der Waals surface area contributed by atoms with E-state index in [2.05, 4.69) is 10.3 Å². The number of benzene rings is 1. The summed E-state index contributed by atoms with van der Waals surface area (Å²) in [6.45, 7) is 2.45. The van der Waals surface area contributed by atoms with E-state index in [1.54, 1.807) is 12.2 Å². The lowest BCUT2D eigenvalue weighted by Gasteiger charge is -2.23. The molecule has 0 saturated heterocycles. The lowest BCUT2D eigenvalue weighted by molar-refractivity contribution is -0.137. The van der Waals surface area contributed by atoms with Gasteiger partial charge in [0.2, 0.25) is 15.7 Å². The van der Waals surface area contributed by atoms with E-state index in [0.717, 1.165) is 11.6 Å². The van der Waals surface area contributed by atoms with Gasteiger partial charge in [-0.05, 0) is 31.5 Å². The van der Waals surface area contributed by atoms with Gasteiger partial charge in [0.25, 0.3) is 0 Å². The topological polar surface area (TPSA) is 76.1 Å². The fraction of sp³-hybridized carbons (Fsp3) is 0.263. The number of carbonyl (C=O) groups excluding carboxylic acids is 1. The van der Waals surface area contributed by atoms with Gasteiger partial charge in [0.05, 0.1) is 5.56 Å². The van der Waals surface area contributed by atoms with Crippen molar-refractivity contribution in [2.24, 2.45) is 0 Å². The van der Waals surface area contributed by atoms with Crippen LogP contribution in [0.1, 0.15) is 25.0 Å². The Labute approximate surface area is 161 Å². The van der Waals surface area contributed by atoms with E-state index in [9.17, 15) is 26.4 Å². The lowest BCUT2D eigenvalue weighted by atomic mass is 10.2. The van der Waals surface area contributed by atoms with Crippen molar-refractivity contribution in [1.82, 2.24) is 10.3 Å². The highest BCUT2D eigenvalue weighted by Crippen LogP contribution is 2.30. The summed E-state index contributed by atoms with van der Waals surface area (Å²) in [5, 5.41) is 1.90. The number of pyridine rings is 1. The lowest BCUT2D eigenvalue weighted by Crippen LogP contribution is -2.48. The van der Waals surface area contributed by atoms with Gasteiger partial charge in [-0.1, -0.05) is 42.5 Å². The summed E-state index contributed by atoms with van der Waals surface area (Å²) < 4.78 is 61.3. The number of halogens is 3. The Morgan fingerprint density at radius 3 is 2.29 bits per heavy atom. The van der Waals surface area contributed by atoms with E-state index in [1.165, 1.54) is 13.8 Å². The van der Waals surface area contributed by atoms with Gasteiger partial charge in [0.15, 0.2) is 9.77 Å². The number of alkyl halides is 3. The quantitative estimate of drug-likeness (QED) is 0.788. The van der Waals surface area contributed by atoms with E-state index in [-0.39, 0.29) is 6.54 Å². The molecular weight excluding hydrogens is 393 g/mol. The molecule has 0 aliphatic carbocycles. The predicted octanol–water partition coefficient (Wildman–Crippen LogP) is 3.48. The number of aromatic nitrogens is 1. The second-order valence-corrected chi connectivity index (χ2v) is 8.87. The second-order valence-electron chi connectivity index (χ2n) is 6.42. The number of carbonyl (C=O) groups is 1. The van der Waals surface area contributed by atoms with Crippen LogP contribution in [0.3, 0.4) is 0 Å². The summed E-state index contributed by atoms with van der Waals surface area (Å²) in [6.07, 6.45) is -0.776.